The third-order valence-electron chi connectivity index (χ3n) is 2.69. The number of hydrogen-bond acceptors (Lipinski definition) is 4. The lowest BCUT2D eigenvalue weighted by atomic mass is 10.1. The van der Waals surface area contributed by atoms with E-state index in [0.29, 0.717) is 6.54 Å². The Morgan fingerprint density at radius 2 is 2.06 bits per heavy atom. The summed E-state index contributed by atoms with van der Waals surface area (Å²) in [7, 11) is 0. The highest BCUT2D eigenvalue weighted by atomic mass is 32.1. The van der Waals surface area contributed by atoms with Crippen molar-refractivity contribution in [3.63, 3.8) is 0 Å². The zero-order chi connectivity index (χ0) is 12.3. The molecule has 0 radical (unpaired) electrons. The van der Waals surface area contributed by atoms with Crippen LogP contribution in [0.4, 0.5) is 0 Å². The minimum atomic E-state index is 0.707. The van der Waals surface area contributed by atoms with Crippen molar-refractivity contribution in [1.82, 2.24) is 10.2 Å². The molecule has 0 atom stereocenters. The molecule has 1 aromatic heterocycles. The summed E-state index contributed by atoms with van der Waals surface area (Å²) in [5.74, 6) is 0. The van der Waals surface area contributed by atoms with Crippen LogP contribution in [0.2, 0.25) is 0 Å². The number of nitrogens with two attached hydrogens (primary N) is 1. The molecule has 0 fully saturated rings. The van der Waals surface area contributed by atoms with Gasteiger partial charge in [0, 0.05) is 12.0 Å². The van der Waals surface area contributed by atoms with Gasteiger partial charge in [-0.25, -0.2) is 0 Å². The fraction of sp³-hybridized carbons (Fsp3) is 0.385. The Labute approximate surface area is 106 Å². The zero-order valence-electron chi connectivity index (χ0n) is 10.2. The van der Waals surface area contributed by atoms with E-state index in [-0.39, 0.29) is 0 Å². The predicted molar refractivity (Wildman–Crippen MR) is 72.2 cm³/mol. The molecule has 0 amide bonds. The van der Waals surface area contributed by atoms with Gasteiger partial charge in [0.1, 0.15) is 10.0 Å². The molecule has 0 spiro atoms. The monoisotopic (exact) mass is 247 g/mol. The van der Waals surface area contributed by atoms with Crippen LogP contribution in [0.3, 0.4) is 0 Å². The lowest BCUT2D eigenvalue weighted by Gasteiger charge is -2.02. The molecule has 0 unspecified atom stereocenters. The maximum atomic E-state index is 5.49. The molecule has 0 bridgehead atoms. The molecule has 1 heterocycles. The topological polar surface area (TPSA) is 51.8 Å². The Kier molecular flexibility index (Phi) is 3.86. The molecule has 0 aliphatic carbocycles. The highest BCUT2D eigenvalue weighted by Crippen LogP contribution is 2.27. The largest absolute Gasteiger partial charge is 0.330 e. The van der Waals surface area contributed by atoms with Gasteiger partial charge < -0.3 is 5.73 Å². The molecule has 3 nitrogen and oxygen atoms in total. The Hall–Kier alpha value is -1.26. The quantitative estimate of drug-likeness (QED) is 0.903. The van der Waals surface area contributed by atoms with Crippen molar-refractivity contribution in [3.05, 3.63) is 34.3 Å². The molecule has 2 rings (SSSR count). The van der Waals surface area contributed by atoms with Crippen molar-refractivity contribution in [2.75, 3.05) is 6.54 Å². The molecule has 2 aromatic rings. The molecule has 0 aliphatic heterocycles. The van der Waals surface area contributed by atoms with Crippen molar-refractivity contribution in [1.29, 1.82) is 0 Å². The Balaban J connectivity index is 2.27. The first-order chi connectivity index (χ1) is 8.20. The zero-order valence-corrected chi connectivity index (χ0v) is 11.0. The van der Waals surface area contributed by atoms with Crippen LogP contribution >= 0.6 is 11.3 Å². The standard InChI is InChI=1S/C13H17N3S/c1-9-5-6-10(2)11(8-9)13-16-15-12(17-13)4-3-7-14/h5-6,8H,3-4,7,14H2,1-2H3. The first-order valence-corrected chi connectivity index (χ1v) is 6.62. The van der Waals surface area contributed by atoms with E-state index >= 15 is 0 Å². The normalized spacial score (nSPS) is 10.8. The van der Waals surface area contributed by atoms with Crippen LogP contribution in [0.15, 0.2) is 18.2 Å². The van der Waals surface area contributed by atoms with Crippen LogP contribution in [-0.2, 0) is 6.42 Å². The van der Waals surface area contributed by atoms with Gasteiger partial charge in [0.25, 0.3) is 0 Å². The maximum Gasteiger partial charge on any atom is 0.148 e. The van der Waals surface area contributed by atoms with E-state index in [9.17, 15) is 0 Å². The van der Waals surface area contributed by atoms with Gasteiger partial charge in [-0.1, -0.05) is 29.0 Å². The number of aromatic nitrogens is 2. The average Bonchev–Trinajstić information content (AvgIpc) is 2.78. The fourth-order valence-corrected chi connectivity index (χ4v) is 2.65. The minimum Gasteiger partial charge on any atom is -0.330 e. The van der Waals surface area contributed by atoms with Crippen LogP contribution in [0, 0.1) is 13.8 Å². The molecule has 17 heavy (non-hydrogen) atoms. The third kappa shape index (κ3) is 2.90. The molecule has 0 saturated carbocycles. The Bertz CT molecular complexity index is 505. The van der Waals surface area contributed by atoms with Crippen LogP contribution in [0.25, 0.3) is 10.6 Å². The Morgan fingerprint density at radius 1 is 1.24 bits per heavy atom. The van der Waals surface area contributed by atoms with E-state index in [1.54, 1.807) is 11.3 Å². The van der Waals surface area contributed by atoms with Crippen LogP contribution < -0.4 is 5.73 Å². The number of aryl methyl sites for hydroxylation is 3. The van der Waals surface area contributed by atoms with E-state index < -0.39 is 0 Å². The summed E-state index contributed by atoms with van der Waals surface area (Å²) in [5.41, 5.74) is 9.19. The smallest absolute Gasteiger partial charge is 0.148 e. The fourth-order valence-electron chi connectivity index (χ4n) is 1.68. The summed E-state index contributed by atoms with van der Waals surface area (Å²) >= 11 is 1.67. The minimum absolute atomic E-state index is 0.707. The summed E-state index contributed by atoms with van der Waals surface area (Å²) in [4.78, 5) is 0. The number of hydrogen-bond donors (Lipinski definition) is 1. The lowest BCUT2D eigenvalue weighted by molar-refractivity contribution is 0.812. The highest BCUT2D eigenvalue weighted by molar-refractivity contribution is 7.14. The summed E-state index contributed by atoms with van der Waals surface area (Å²) in [5, 5.41) is 10.6. The van der Waals surface area contributed by atoms with Crippen molar-refractivity contribution >= 4 is 11.3 Å². The molecule has 0 saturated heterocycles. The van der Waals surface area contributed by atoms with Crippen LogP contribution in [-0.4, -0.2) is 16.7 Å². The second kappa shape index (κ2) is 5.38. The number of rotatable bonds is 4. The van der Waals surface area contributed by atoms with Crippen LogP contribution in [0.5, 0.6) is 0 Å². The maximum absolute atomic E-state index is 5.49. The van der Waals surface area contributed by atoms with Gasteiger partial charge in [-0.05, 0) is 38.4 Å². The second-order valence-electron chi connectivity index (χ2n) is 4.21. The second-order valence-corrected chi connectivity index (χ2v) is 5.27. The van der Waals surface area contributed by atoms with E-state index in [2.05, 4.69) is 42.2 Å². The molecule has 0 aliphatic rings. The van der Waals surface area contributed by atoms with Gasteiger partial charge >= 0.3 is 0 Å². The van der Waals surface area contributed by atoms with Crippen molar-refractivity contribution in [2.24, 2.45) is 5.73 Å². The predicted octanol–water partition coefficient (Wildman–Crippen LogP) is 2.71. The SMILES string of the molecule is Cc1ccc(C)c(-c2nnc(CCCN)s2)c1. The molecule has 4 heteroatoms. The van der Waals surface area contributed by atoms with E-state index in [4.69, 9.17) is 5.73 Å². The first kappa shape index (κ1) is 12.2. The van der Waals surface area contributed by atoms with E-state index in [0.717, 1.165) is 22.9 Å². The molecule has 90 valence electrons. The number of nitrogens with zero attached hydrogens (tertiary/aromatic N) is 2. The third-order valence-corrected chi connectivity index (χ3v) is 3.70. The summed E-state index contributed by atoms with van der Waals surface area (Å²) in [6, 6.07) is 6.42. The Morgan fingerprint density at radius 3 is 2.82 bits per heavy atom. The van der Waals surface area contributed by atoms with E-state index in [1.165, 1.54) is 16.7 Å². The van der Waals surface area contributed by atoms with E-state index in [1.807, 2.05) is 0 Å². The van der Waals surface area contributed by atoms with Crippen molar-refractivity contribution < 1.29 is 0 Å². The average molecular weight is 247 g/mol. The van der Waals surface area contributed by atoms with Gasteiger partial charge in [-0.2, -0.15) is 0 Å². The van der Waals surface area contributed by atoms with Crippen LogP contribution in [0.1, 0.15) is 22.6 Å². The van der Waals surface area contributed by atoms with Gasteiger partial charge in [-0.3, -0.25) is 0 Å². The van der Waals surface area contributed by atoms with Gasteiger partial charge in [-0.15, -0.1) is 10.2 Å². The van der Waals surface area contributed by atoms with Crippen molar-refractivity contribution in [2.45, 2.75) is 26.7 Å². The highest BCUT2D eigenvalue weighted by Gasteiger charge is 2.08. The summed E-state index contributed by atoms with van der Waals surface area (Å²) < 4.78 is 0. The van der Waals surface area contributed by atoms with Crippen molar-refractivity contribution in [3.8, 4) is 10.6 Å². The van der Waals surface area contributed by atoms with Gasteiger partial charge in [0.05, 0.1) is 0 Å². The lowest BCUT2D eigenvalue weighted by Crippen LogP contribution is -1.99. The summed E-state index contributed by atoms with van der Waals surface area (Å²) in [6.07, 6.45) is 1.90. The summed E-state index contributed by atoms with van der Waals surface area (Å²) in [6.45, 7) is 4.91. The molecule has 2 N–H and O–H groups in total. The molecular weight excluding hydrogens is 230 g/mol. The first-order valence-electron chi connectivity index (χ1n) is 5.81. The molecular formula is C13H17N3S. The number of benzene rings is 1. The van der Waals surface area contributed by atoms with Gasteiger partial charge in [0.2, 0.25) is 0 Å². The van der Waals surface area contributed by atoms with Gasteiger partial charge in [0.15, 0.2) is 0 Å². The molecule has 1 aromatic carbocycles.